The van der Waals surface area contributed by atoms with E-state index in [4.69, 9.17) is 9.47 Å². The zero-order valence-electron chi connectivity index (χ0n) is 17.0. The van der Waals surface area contributed by atoms with Crippen LogP contribution in [-0.4, -0.2) is 38.5 Å². The summed E-state index contributed by atoms with van der Waals surface area (Å²) in [5, 5.41) is 3.49. The van der Waals surface area contributed by atoms with Crippen LogP contribution in [0.3, 0.4) is 0 Å². The average molecular weight is 382 g/mol. The molecule has 2 fully saturated rings. The third-order valence-electron chi connectivity index (χ3n) is 5.16. The standard InChI is InChI=1S/C13H12.C12H23NO2/c1-3-7-12(8-4-1)11-13-9-5-2-6-10-13;1(5-11-9-14-11)3-7-13-8-4-2-6-12-10-15-12/h1-10H,11H2;11-13H,1-10H2. The predicted molar refractivity (Wildman–Crippen MR) is 116 cm³/mol. The summed E-state index contributed by atoms with van der Waals surface area (Å²) in [6, 6.07) is 21.1. The molecule has 0 aromatic heterocycles. The summed E-state index contributed by atoms with van der Waals surface area (Å²) in [7, 11) is 0. The van der Waals surface area contributed by atoms with Crippen molar-refractivity contribution in [1.29, 1.82) is 0 Å². The minimum atomic E-state index is 0.614. The highest BCUT2D eigenvalue weighted by Gasteiger charge is 2.21. The summed E-state index contributed by atoms with van der Waals surface area (Å²) in [4.78, 5) is 0. The van der Waals surface area contributed by atoms with Gasteiger partial charge in [0.25, 0.3) is 0 Å². The van der Waals surface area contributed by atoms with Gasteiger partial charge in [-0.2, -0.15) is 0 Å². The molecule has 2 unspecified atom stereocenters. The Morgan fingerprint density at radius 2 is 1.07 bits per heavy atom. The quantitative estimate of drug-likeness (QED) is 0.416. The van der Waals surface area contributed by atoms with E-state index in [0.717, 1.165) is 19.6 Å². The molecule has 4 rings (SSSR count). The molecular formula is C25H35NO2. The lowest BCUT2D eigenvalue weighted by Crippen LogP contribution is -2.16. The number of hydrogen-bond acceptors (Lipinski definition) is 3. The molecule has 152 valence electrons. The fourth-order valence-corrected chi connectivity index (χ4v) is 3.27. The van der Waals surface area contributed by atoms with Gasteiger partial charge in [0.2, 0.25) is 0 Å². The van der Waals surface area contributed by atoms with Gasteiger partial charge in [0.1, 0.15) is 0 Å². The van der Waals surface area contributed by atoms with Gasteiger partial charge >= 0.3 is 0 Å². The van der Waals surface area contributed by atoms with Crippen molar-refractivity contribution in [2.75, 3.05) is 26.3 Å². The highest BCUT2D eigenvalue weighted by Crippen LogP contribution is 2.17. The van der Waals surface area contributed by atoms with E-state index in [0.29, 0.717) is 12.2 Å². The van der Waals surface area contributed by atoms with Gasteiger partial charge in [0.15, 0.2) is 0 Å². The van der Waals surface area contributed by atoms with Crippen LogP contribution in [0.15, 0.2) is 60.7 Å². The van der Waals surface area contributed by atoms with Crippen LogP contribution in [-0.2, 0) is 15.9 Å². The number of epoxide rings is 2. The van der Waals surface area contributed by atoms with E-state index in [1.54, 1.807) is 0 Å². The highest BCUT2D eigenvalue weighted by molar-refractivity contribution is 5.25. The van der Waals surface area contributed by atoms with Crippen molar-refractivity contribution in [1.82, 2.24) is 5.32 Å². The molecule has 3 heteroatoms. The van der Waals surface area contributed by atoms with Gasteiger partial charge < -0.3 is 14.8 Å². The largest absolute Gasteiger partial charge is 0.373 e. The van der Waals surface area contributed by atoms with Gasteiger partial charge in [0, 0.05) is 0 Å². The molecule has 0 bridgehead atoms. The first-order valence-electron chi connectivity index (χ1n) is 10.9. The molecule has 2 heterocycles. The second kappa shape index (κ2) is 12.7. The predicted octanol–water partition coefficient (Wildman–Crippen LogP) is 4.99. The second-order valence-electron chi connectivity index (χ2n) is 7.80. The van der Waals surface area contributed by atoms with Gasteiger partial charge in [-0.25, -0.2) is 0 Å². The lowest BCUT2D eigenvalue weighted by molar-refractivity contribution is 0.385. The molecule has 0 spiro atoms. The molecular weight excluding hydrogens is 346 g/mol. The summed E-state index contributed by atoms with van der Waals surface area (Å²) >= 11 is 0. The van der Waals surface area contributed by atoms with E-state index in [2.05, 4.69) is 66.0 Å². The Morgan fingerprint density at radius 3 is 1.46 bits per heavy atom. The number of benzene rings is 2. The molecule has 2 atom stereocenters. The van der Waals surface area contributed by atoms with Gasteiger partial charge in [0.05, 0.1) is 25.4 Å². The number of nitrogens with one attached hydrogen (secondary N) is 1. The summed E-state index contributed by atoms with van der Waals surface area (Å²) in [6.45, 7) is 4.37. The van der Waals surface area contributed by atoms with Crippen LogP contribution in [0, 0.1) is 0 Å². The summed E-state index contributed by atoms with van der Waals surface area (Å²) in [5.74, 6) is 0. The van der Waals surface area contributed by atoms with E-state index in [1.807, 2.05) is 0 Å². The Labute approximate surface area is 170 Å². The van der Waals surface area contributed by atoms with Crippen LogP contribution in [0.2, 0.25) is 0 Å². The van der Waals surface area contributed by atoms with Gasteiger partial charge in [-0.15, -0.1) is 0 Å². The van der Waals surface area contributed by atoms with Crippen molar-refractivity contribution in [2.45, 2.75) is 57.2 Å². The lowest BCUT2D eigenvalue weighted by Gasteiger charge is -2.03. The van der Waals surface area contributed by atoms with Gasteiger partial charge in [-0.1, -0.05) is 60.7 Å². The monoisotopic (exact) mass is 381 g/mol. The molecule has 0 amide bonds. The Hall–Kier alpha value is -1.68. The lowest BCUT2D eigenvalue weighted by atomic mass is 10.1. The Bertz CT molecular complexity index is 568. The van der Waals surface area contributed by atoms with Crippen LogP contribution >= 0.6 is 0 Å². The molecule has 2 aromatic rings. The fraction of sp³-hybridized carbons (Fsp3) is 0.520. The maximum atomic E-state index is 5.16. The highest BCUT2D eigenvalue weighted by atomic mass is 16.6. The zero-order chi connectivity index (χ0) is 19.3. The second-order valence-corrected chi connectivity index (χ2v) is 7.80. The molecule has 0 aliphatic carbocycles. The van der Waals surface area contributed by atoms with E-state index < -0.39 is 0 Å². The smallest absolute Gasteiger partial charge is 0.0810 e. The van der Waals surface area contributed by atoms with Crippen molar-refractivity contribution < 1.29 is 9.47 Å². The third-order valence-corrected chi connectivity index (χ3v) is 5.16. The minimum absolute atomic E-state index is 0.614. The zero-order valence-corrected chi connectivity index (χ0v) is 17.0. The van der Waals surface area contributed by atoms with Crippen LogP contribution in [0.25, 0.3) is 0 Å². The first-order chi connectivity index (χ1) is 13.9. The molecule has 3 nitrogen and oxygen atoms in total. The van der Waals surface area contributed by atoms with E-state index in [9.17, 15) is 0 Å². The van der Waals surface area contributed by atoms with Crippen molar-refractivity contribution >= 4 is 0 Å². The van der Waals surface area contributed by atoms with Crippen molar-refractivity contribution in [3.05, 3.63) is 71.8 Å². The Kier molecular flexibility index (Phi) is 9.55. The van der Waals surface area contributed by atoms with E-state index in [-0.39, 0.29) is 0 Å². The van der Waals surface area contributed by atoms with Crippen LogP contribution < -0.4 is 5.32 Å². The van der Waals surface area contributed by atoms with Crippen LogP contribution in [0.4, 0.5) is 0 Å². The molecule has 2 aliphatic rings. The number of hydrogen-bond donors (Lipinski definition) is 1. The topological polar surface area (TPSA) is 37.1 Å². The Balaban J connectivity index is 0.000000162. The molecule has 0 saturated carbocycles. The van der Waals surface area contributed by atoms with Crippen molar-refractivity contribution in [2.24, 2.45) is 0 Å². The maximum absolute atomic E-state index is 5.16. The maximum Gasteiger partial charge on any atom is 0.0810 e. The normalized spacial score (nSPS) is 19.6. The van der Waals surface area contributed by atoms with Crippen LogP contribution in [0.1, 0.15) is 49.7 Å². The van der Waals surface area contributed by atoms with Crippen molar-refractivity contribution in [3.63, 3.8) is 0 Å². The summed E-state index contributed by atoms with van der Waals surface area (Å²) in [6.07, 6.45) is 10.0. The first kappa shape index (κ1) is 21.0. The molecule has 2 aliphatic heterocycles. The van der Waals surface area contributed by atoms with E-state index in [1.165, 1.54) is 62.7 Å². The molecule has 1 N–H and O–H groups in total. The molecule has 2 aromatic carbocycles. The molecule has 28 heavy (non-hydrogen) atoms. The Morgan fingerprint density at radius 1 is 0.643 bits per heavy atom. The summed E-state index contributed by atoms with van der Waals surface area (Å²) < 4.78 is 10.3. The molecule has 0 radical (unpaired) electrons. The van der Waals surface area contributed by atoms with Crippen LogP contribution in [0.5, 0.6) is 0 Å². The van der Waals surface area contributed by atoms with Gasteiger partial charge in [-0.05, 0) is 69.2 Å². The average Bonchev–Trinajstić information content (AvgIpc) is 3.64. The minimum Gasteiger partial charge on any atom is -0.373 e. The number of ether oxygens (including phenoxy) is 2. The van der Waals surface area contributed by atoms with E-state index >= 15 is 0 Å². The van der Waals surface area contributed by atoms with Crippen molar-refractivity contribution in [3.8, 4) is 0 Å². The molecule has 2 saturated heterocycles. The SMILES string of the molecule is C(CCC1CO1)CNCCCCC1CO1.c1ccc(Cc2ccccc2)cc1. The third kappa shape index (κ3) is 10.0. The summed E-state index contributed by atoms with van der Waals surface area (Å²) in [5.41, 5.74) is 2.74. The first-order valence-corrected chi connectivity index (χ1v) is 10.9. The number of rotatable bonds is 12. The van der Waals surface area contributed by atoms with Gasteiger partial charge in [-0.3, -0.25) is 0 Å². The number of unbranched alkanes of at least 4 members (excludes halogenated alkanes) is 2. The fourth-order valence-electron chi connectivity index (χ4n) is 3.27.